The molecule has 2 amide bonds. The van der Waals surface area contributed by atoms with E-state index in [9.17, 15) is 4.79 Å². The molecule has 0 saturated heterocycles. The minimum atomic E-state index is -0.469. The van der Waals surface area contributed by atoms with Gasteiger partial charge in [0, 0.05) is 5.70 Å². The number of nitrogens with zero attached hydrogens (tertiary/aromatic N) is 1. The molecule has 0 aliphatic heterocycles. The fourth-order valence-electron chi connectivity index (χ4n) is 1.24. The normalized spacial score (nSPS) is 16.7. The van der Waals surface area contributed by atoms with Crippen LogP contribution in [-0.4, -0.2) is 11.0 Å². The molecule has 0 spiro atoms. The number of carbonyl (C=O) groups excluding carboxylic acids is 1. The number of hydrogen-bond donors (Lipinski definition) is 3. The Balaban J connectivity index is 2.56. The molecule has 5 heteroatoms. The summed E-state index contributed by atoms with van der Waals surface area (Å²) in [6.07, 6.45) is 6.06. The van der Waals surface area contributed by atoms with Crippen molar-refractivity contribution in [3.8, 4) is 0 Å². The first-order valence-electron chi connectivity index (χ1n) is 4.00. The summed E-state index contributed by atoms with van der Waals surface area (Å²) in [7, 11) is 0. The molecule has 0 atom stereocenters. The van der Waals surface area contributed by atoms with Crippen LogP contribution in [-0.2, 0) is 0 Å². The van der Waals surface area contributed by atoms with E-state index in [0.717, 1.165) is 30.0 Å². The van der Waals surface area contributed by atoms with Gasteiger partial charge in [-0.2, -0.15) is 0 Å². The molecule has 0 heterocycles. The monoisotopic (exact) mass is 170 g/mol. The van der Waals surface area contributed by atoms with Gasteiger partial charge in [0.15, 0.2) is 0 Å². The summed E-state index contributed by atoms with van der Waals surface area (Å²) in [5.41, 5.74) is 2.83. The second-order valence-corrected chi connectivity index (χ2v) is 2.76. The van der Waals surface area contributed by atoms with Gasteiger partial charge in [-0.25, -0.2) is 21.5 Å². The first kappa shape index (κ1) is 9.02. The molecule has 68 valence electrons. The lowest BCUT2D eigenvalue weighted by Gasteiger charge is -2.21. The molecular formula is C7H14N4O. The van der Waals surface area contributed by atoms with Crippen molar-refractivity contribution in [3.05, 3.63) is 11.8 Å². The Morgan fingerprint density at radius 3 is 2.83 bits per heavy atom. The van der Waals surface area contributed by atoms with Crippen LogP contribution in [0.15, 0.2) is 11.8 Å². The Morgan fingerprint density at radius 1 is 1.58 bits per heavy atom. The lowest BCUT2D eigenvalue weighted by molar-refractivity contribution is 0.209. The van der Waals surface area contributed by atoms with E-state index in [2.05, 4.69) is 0 Å². The summed E-state index contributed by atoms with van der Waals surface area (Å²) < 4.78 is 0. The highest BCUT2D eigenvalue weighted by atomic mass is 16.2. The average molecular weight is 170 g/mol. The maximum Gasteiger partial charge on any atom is 0.350 e. The molecule has 1 aliphatic rings. The van der Waals surface area contributed by atoms with Gasteiger partial charge >= 0.3 is 6.03 Å². The molecule has 0 unspecified atom stereocenters. The largest absolute Gasteiger partial charge is 0.350 e. The van der Waals surface area contributed by atoms with Gasteiger partial charge in [-0.1, -0.05) is 6.08 Å². The van der Waals surface area contributed by atoms with Crippen LogP contribution in [0.25, 0.3) is 0 Å². The van der Waals surface area contributed by atoms with E-state index in [1.165, 1.54) is 6.42 Å². The van der Waals surface area contributed by atoms with Crippen LogP contribution in [0.4, 0.5) is 4.79 Å². The molecule has 0 fully saturated rings. The SMILES string of the molecule is NNC(=O)N(N)C1=CCCCC1. The van der Waals surface area contributed by atoms with Crippen molar-refractivity contribution in [1.29, 1.82) is 0 Å². The lowest BCUT2D eigenvalue weighted by atomic mass is 10.0. The van der Waals surface area contributed by atoms with Crippen LogP contribution in [0.1, 0.15) is 25.7 Å². The molecule has 5 N–H and O–H groups in total. The molecule has 1 aliphatic carbocycles. The molecule has 0 aromatic rings. The van der Waals surface area contributed by atoms with Crippen LogP contribution in [0.3, 0.4) is 0 Å². The predicted molar refractivity (Wildman–Crippen MR) is 45.3 cm³/mol. The second kappa shape index (κ2) is 4.08. The number of urea groups is 1. The van der Waals surface area contributed by atoms with Gasteiger partial charge in [0.05, 0.1) is 0 Å². The molecule has 0 radical (unpaired) electrons. The van der Waals surface area contributed by atoms with Crippen LogP contribution in [0.5, 0.6) is 0 Å². The Bertz CT molecular complexity index is 202. The highest BCUT2D eigenvalue weighted by Gasteiger charge is 2.14. The Labute approximate surface area is 71.3 Å². The highest BCUT2D eigenvalue weighted by Crippen LogP contribution is 2.18. The van der Waals surface area contributed by atoms with Crippen LogP contribution in [0.2, 0.25) is 0 Å². The number of carbonyl (C=O) groups is 1. The maximum atomic E-state index is 10.9. The van der Waals surface area contributed by atoms with Gasteiger partial charge in [-0.15, -0.1) is 0 Å². The quantitative estimate of drug-likeness (QED) is 0.298. The third kappa shape index (κ3) is 1.96. The van der Waals surface area contributed by atoms with Crippen molar-refractivity contribution >= 4 is 6.03 Å². The van der Waals surface area contributed by atoms with Crippen LogP contribution >= 0.6 is 0 Å². The zero-order valence-electron chi connectivity index (χ0n) is 6.92. The van der Waals surface area contributed by atoms with Gasteiger partial charge in [-0.3, -0.25) is 5.43 Å². The average Bonchev–Trinajstić information content (AvgIpc) is 2.17. The molecule has 0 aromatic carbocycles. The maximum absolute atomic E-state index is 10.9. The molecule has 0 aromatic heterocycles. The number of hydrazine groups is 2. The van der Waals surface area contributed by atoms with Crippen molar-refractivity contribution in [3.63, 3.8) is 0 Å². The summed E-state index contributed by atoms with van der Waals surface area (Å²) >= 11 is 0. The standard InChI is InChI=1S/C7H14N4O/c8-10-7(12)11(9)6-4-2-1-3-5-6/h4H,1-3,5,8-9H2,(H,10,12). The number of hydrogen-bond acceptors (Lipinski definition) is 3. The van der Waals surface area contributed by atoms with E-state index in [4.69, 9.17) is 11.7 Å². The molecular weight excluding hydrogens is 156 g/mol. The zero-order valence-corrected chi connectivity index (χ0v) is 6.92. The Hall–Kier alpha value is -1.07. The first-order valence-corrected chi connectivity index (χ1v) is 4.00. The topological polar surface area (TPSA) is 84.4 Å². The fourth-order valence-corrected chi connectivity index (χ4v) is 1.24. The molecule has 0 saturated carbocycles. The Morgan fingerprint density at radius 2 is 2.33 bits per heavy atom. The molecule has 12 heavy (non-hydrogen) atoms. The van der Waals surface area contributed by atoms with Gasteiger partial charge in [-0.05, 0) is 25.7 Å². The van der Waals surface area contributed by atoms with Gasteiger partial charge in [0.1, 0.15) is 0 Å². The molecule has 1 rings (SSSR count). The van der Waals surface area contributed by atoms with Gasteiger partial charge < -0.3 is 0 Å². The fraction of sp³-hybridized carbons (Fsp3) is 0.571. The smallest absolute Gasteiger partial charge is 0.274 e. The van der Waals surface area contributed by atoms with E-state index in [1.54, 1.807) is 0 Å². The predicted octanol–water partition coefficient (Wildman–Crippen LogP) is 0.203. The minimum absolute atomic E-state index is 0.469. The summed E-state index contributed by atoms with van der Waals surface area (Å²) in [5.74, 6) is 10.4. The van der Waals surface area contributed by atoms with Crippen molar-refractivity contribution in [2.45, 2.75) is 25.7 Å². The number of nitrogens with one attached hydrogen (secondary N) is 1. The number of nitrogens with two attached hydrogens (primary N) is 2. The second-order valence-electron chi connectivity index (χ2n) is 2.76. The van der Waals surface area contributed by atoms with Gasteiger partial charge in [0.25, 0.3) is 0 Å². The van der Waals surface area contributed by atoms with Gasteiger partial charge in [0.2, 0.25) is 0 Å². The molecule has 5 nitrogen and oxygen atoms in total. The van der Waals surface area contributed by atoms with E-state index in [0.29, 0.717) is 0 Å². The van der Waals surface area contributed by atoms with Crippen molar-refractivity contribution in [2.24, 2.45) is 11.7 Å². The summed E-state index contributed by atoms with van der Waals surface area (Å²) in [6.45, 7) is 0. The van der Waals surface area contributed by atoms with E-state index < -0.39 is 6.03 Å². The summed E-state index contributed by atoms with van der Waals surface area (Å²) in [6, 6.07) is -0.469. The van der Waals surface area contributed by atoms with E-state index in [-0.39, 0.29) is 0 Å². The van der Waals surface area contributed by atoms with Crippen molar-refractivity contribution in [2.75, 3.05) is 0 Å². The number of rotatable bonds is 1. The third-order valence-corrected chi connectivity index (χ3v) is 1.92. The first-order chi connectivity index (χ1) is 5.75. The van der Waals surface area contributed by atoms with Crippen molar-refractivity contribution in [1.82, 2.24) is 10.4 Å². The molecule has 0 bridgehead atoms. The summed E-state index contributed by atoms with van der Waals surface area (Å²) in [4.78, 5) is 10.9. The van der Waals surface area contributed by atoms with E-state index >= 15 is 0 Å². The number of allylic oxidation sites excluding steroid dienone is 2. The van der Waals surface area contributed by atoms with Crippen molar-refractivity contribution < 1.29 is 4.79 Å². The Kier molecular flexibility index (Phi) is 3.07. The third-order valence-electron chi connectivity index (χ3n) is 1.92. The van der Waals surface area contributed by atoms with Crippen LogP contribution < -0.4 is 17.1 Å². The summed E-state index contributed by atoms with van der Waals surface area (Å²) in [5, 5.41) is 1.07. The minimum Gasteiger partial charge on any atom is -0.274 e. The zero-order chi connectivity index (χ0) is 8.97. The lowest BCUT2D eigenvalue weighted by Crippen LogP contribution is -2.46. The van der Waals surface area contributed by atoms with E-state index in [1.807, 2.05) is 11.5 Å². The number of amides is 2. The highest BCUT2D eigenvalue weighted by molar-refractivity contribution is 5.74. The van der Waals surface area contributed by atoms with Crippen LogP contribution in [0, 0.1) is 0 Å².